The number of hydrogen-bond acceptors (Lipinski definition) is 9. The van der Waals surface area contributed by atoms with Crippen molar-refractivity contribution in [2.75, 3.05) is 19.6 Å². The number of phenols is 1. The predicted octanol–water partition coefficient (Wildman–Crippen LogP) is -0.397. The van der Waals surface area contributed by atoms with Gasteiger partial charge in [-0.3, -0.25) is 38.4 Å². The Balaban J connectivity index is 1.66. The third kappa shape index (κ3) is 11.2. The maximum atomic E-state index is 14.1. The highest BCUT2D eigenvalue weighted by Gasteiger charge is 2.41. The van der Waals surface area contributed by atoms with E-state index in [1.54, 1.807) is 39.8 Å². The molecular weight excluding hydrogens is 724 g/mol. The van der Waals surface area contributed by atoms with Crippen LogP contribution in [0.25, 0.3) is 0 Å². The van der Waals surface area contributed by atoms with E-state index in [1.165, 1.54) is 28.9 Å². The summed E-state index contributed by atoms with van der Waals surface area (Å²) in [7, 11) is 0. The van der Waals surface area contributed by atoms with Crippen LogP contribution in [0.5, 0.6) is 5.75 Å². The molecule has 8 amide bonds. The van der Waals surface area contributed by atoms with Gasteiger partial charge in [0.25, 0.3) is 0 Å². The van der Waals surface area contributed by atoms with E-state index in [-0.39, 0.29) is 37.0 Å². The number of amides is 8. The fourth-order valence-corrected chi connectivity index (χ4v) is 7.32. The van der Waals surface area contributed by atoms with E-state index in [1.807, 2.05) is 6.92 Å². The average molecular weight is 783 g/mol. The molecule has 1 aromatic carbocycles. The molecule has 17 nitrogen and oxygen atoms in total. The van der Waals surface area contributed by atoms with E-state index < -0.39 is 96.1 Å². The van der Waals surface area contributed by atoms with Gasteiger partial charge in [0.15, 0.2) is 0 Å². The molecule has 0 bridgehead atoms. The van der Waals surface area contributed by atoms with Crippen molar-refractivity contribution < 1.29 is 43.5 Å². The normalized spacial score (nSPS) is 28.8. The van der Waals surface area contributed by atoms with E-state index in [0.29, 0.717) is 44.2 Å². The Kier molecular flexibility index (Phi) is 15.2. The van der Waals surface area contributed by atoms with Crippen molar-refractivity contribution in [2.24, 2.45) is 11.8 Å². The van der Waals surface area contributed by atoms with Gasteiger partial charge in [-0.05, 0) is 69.1 Å². The Morgan fingerprint density at radius 3 is 1.95 bits per heavy atom. The Hall–Kier alpha value is -5.22. The molecule has 56 heavy (non-hydrogen) atoms. The minimum Gasteiger partial charge on any atom is -0.508 e. The largest absolute Gasteiger partial charge is 0.508 e. The van der Waals surface area contributed by atoms with Crippen LogP contribution in [0, 0.1) is 11.8 Å². The lowest BCUT2D eigenvalue weighted by molar-refractivity contribution is -0.143. The average Bonchev–Trinajstić information content (AvgIpc) is 3.85. The van der Waals surface area contributed by atoms with Crippen LogP contribution >= 0.6 is 0 Å². The van der Waals surface area contributed by atoms with E-state index >= 15 is 0 Å². The number of nitrogens with one attached hydrogen (secondary N) is 6. The highest BCUT2D eigenvalue weighted by atomic mass is 16.3. The van der Waals surface area contributed by atoms with Gasteiger partial charge in [-0.15, -0.1) is 0 Å². The van der Waals surface area contributed by atoms with Crippen molar-refractivity contribution in [3.05, 3.63) is 29.8 Å². The van der Waals surface area contributed by atoms with Crippen molar-refractivity contribution >= 4 is 47.3 Å². The van der Waals surface area contributed by atoms with Crippen LogP contribution in [-0.4, -0.2) is 124 Å². The summed E-state index contributed by atoms with van der Waals surface area (Å²) < 4.78 is 0. The number of fused-ring (bicyclic) bond motifs is 2. The minimum atomic E-state index is -1.15. The van der Waals surface area contributed by atoms with Gasteiger partial charge in [0.2, 0.25) is 47.3 Å². The van der Waals surface area contributed by atoms with Crippen molar-refractivity contribution in [3.63, 3.8) is 0 Å². The molecule has 3 saturated heterocycles. The fourth-order valence-electron chi connectivity index (χ4n) is 7.32. The number of nitrogens with zero attached hydrogens (tertiary/aromatic N) is 2. The molecule has 0 saturated carbocycles. The Labute approximate surface area is 327 Å². The van der Waals surface area contributed by atoms with Crippen molar-refractivity contribution in [1.82, 2.24) is 41.7 Å². The molecule has 1 aromatic rings. The Morgan fingerprint density at radius 1 is 0.714 bits per heavy atom. The van der Waals surface area contributed by atoms with Crippen LogP contribution in [0.1, 0.15) is 85.6 Å². The van der Waals surface area contributed by atoms with E-state index in [9.17, 15) is 43.5 Å². The van der Waals surface area contributed by atoms with Crippen LogP contribution in [0.15, 0.2) is 24.3 Å². The van der Waals surface area contributed by atoms with Gasteiger partial charge < -0.3 is 46.8 Å². The molecule has 0 aromatic heterocycles. The molecule has 3 aliphatic rings. The second-order valence-electron chi connectivity index (χ2n) is 15.6. The highest BCUT2D eigenvalue weighted by molar-refractivity contribution is 5.97. The van der Waals surface area contributed by atoms with Gasteiger partial charge in [-0.1, -0.05) is 46.2 Å². The Morgan fingerprint density at radius 2 is 1.32 bits per heavy atom. The van der Waals surface area contributed by atoms with Gasteiger partial charge in [-0.25, -0.2) is 0 Å². The van der Waals surface area contributed by atoms with Crippen LogP contribution < -0.4 is 31.9 Å². The smallest absolute Gasteiger partial charge is 0.246 e. The van der Waals surface area contributed by atoms with Gasteiger partial charge in [0.05, 0.1) is 6.54 Å². The molecule has 3 fully saturated rings. The van der Waals surface area contributed by atoms with Crippen molar-refractivity contribution in [3.8, 4) is 5.75 Å². The first kappa shape index (κ1) is 43.5. The molecule has 4 rings (SSSR count). The van der Waals surface area contributed by atoms with E-state index in [4.69, 9.17) is 0 Å². The topological polar surface area (TPSA) is 235 Å². The summed E-state index contributed by atoms with van der Waals surface area (Å²) in [6.45, 7) is 10.3. The summed E-state index contributed by atoms with van der Waals surface area (Å²) in [5.74, 6) is -5.20. The predicted molar refractivity (Wildman–Crippen MR) is 204 cm³/mol. The molecule has 3 heterocycles. The lowest BCUT2D eigenvalue weighted by Gasteiger charge is -2.33. The van der Waals surface area contributed by atoms with Crippen molar-refractivity contribution in [2.45, 2.75) is 129 Å². The second-order valence-corrected chi connectivity index (χ2v) is 15.6. The molecule has 17 heteroatoms. The van der Waals surface area contributed by atoms with Crippen LogP contribution in [0.2, 0.25) is 0 Å². The molecule has 0 radical (unpaired) electrons. The zero-order chi connectivity index (χ0) is 41.3. The number of phenolic OH excluding ortho intramolecular Hbond substituents is 1. The van der Waals surface area contributed by atoms with Gasteiger partial charge >= 0.3 is 0 Å². The number of carbonyl (C=O) groups excluding carboxylic acids is 8. The van der Waals surface area contributed by atoms with Crippen LogP contribution in [0.4, 0.5) is 0 Å². The summed E-state index contributed by atoms with van der Waals surface area (Å²) in [4.78, 5) is 111. The highest BCUT2D eigenvalue weighted by Crippen LogP contribution is 2.23. The Bertz CT molecular complexity index is 1640. The first-order chi connectivity index (χ1) is 26.5. The maximum Gasteiger partial charge on any atom is 0.246 e. The molecule has 7 N–H and O–H groups in total. The van der Waals surface area contributed by atoms with Crippen LogP contribution in [0.3, 0.4) is 0 Å². The number of aromatic hydroxyl groups is 1. The zero-order valence-electron chi connectivity index (χ0n) is 33.2. The number of carbonyl (C=O) groups is 8. The van der Waals surface area contributed by atoms with Gasteiger partial charge in [-0.2, -0.15) is 0 Å². The molecule has 0 spiro atoms. The van der Waals surface area contributed by atoms with Gasteiger partial charge in [0.1, 0.15) is 42.0 Å². The number of rotatable bonds is 5. The minimum absolute atomic E-state index is 0.0199. The first-order valence-electron chi connectivity index (χ1n) is 19.7. The fraction of sp³-hybridized carbons (Fsp3) is 0.641. The second kappa shape index (κ2) is 19.6. The SMILES string of the molecule is CCC(C)[C@@H]1NC(=O)[C@@H]2CCCN2C(=O)[C@H](C(C)C)NC(=O)[C@H](C)NC(=O)CNC(=O)C2CCCN2C(=O)C[C@H](C)NC(=O)[C@H](Cc2ccc(O)cc2)NC1=O. The molecule has 0 aliphatic carbocycles. The molecule has 308 valence electrons. The molecular formula is C39H58N8O9. The summed E-state index contributed by atoms with van der Waals surface area (Å²) in [6, 6.07) is -0.680. The number of benzene rings is 1. The zero-order valence-corrected chi connectivity index (χ0v) is 33.2. The van der Waals surface area contributed by atoms with E-state index in [2.05, 4.69) is 31.9 Å². The summed E-state index contributed by atoms with van der Waals surface area (Å²) in [5, 5.41) is 26.1. The lowest BCUT2D eigenvalue weighted by atomic mass is 9.96. The van der Waals surface area contributed by atoms with E-state index in [0.717, 1.165) is 0 Å². The lowest BCUT2D eigenvalue weighted by Crippen LogP contribution is -2.60. The molecule has 2 unspecified atom stereocenters. The summed E-state index contributed by atoms with van der Waals surface area (Å²) in [5.41, 5.74) is 0.626. The molecule has 8 atom stereocenters. The van der Waals surface area contributed by atoms with Crippen LogP contribution in [-0.2, 0) is 44.8 Å². The monoisotopic (exact) mass is 782 g/mol. The first-order valence-corrected chi connectivity index (χ1v) is 19.7. The summed E-state index contributed by atoms with van der Waals surface area (Å²) in [6.07, 6.45) is 2.12. The third-order valence-corrected chi connectivity index (χ3v) is 10.8. The summed E-state index contributed by atoms with van der Waals surface area (Å²) >= 11 is 0. The quantitative estimate of drug-likeness (QED) is 0.206. The molecule has 3 aliphatic heterocycles. The third-order valence-electron chi connectivity index (χ3n) is 10.8. The van der Waals surface area contributed by atoms with Crippen molar-refractivity contribution in [1.29, 1.82) is 0 Å². The maximum absolute atomic E-state index is 14.1. The number of hydrogen-bond donors (Lipinski definition) is 7. The van der Waals surface area contributed by atoms with Gasteiger partial charge in [0, 0.05) is 32.0 Å². The standard InChI is InChI=1S/C39H58N8O9/c1-7-22(4)33-38(55)43-27(19-25-12-14-26(48)15-13-25)35(52)41-23(5)18-31(50)46-16-8-10-28(46)36(53)40-20-30(49)42-24(6)34(51)44-32(21(2)3)39(56)47-17-9-11-29(47)37(54)45-33/h12-15,21-24,27-29,32-33,48H,7-11,16-20H2,1-6H3,(H,40,53)(H,41,52)(H,42,49)(H,43,55)(H,44,51)(H,45,54)/t22?,23-,24-,27-,28?,29-,32-,33-/m0/s1.